The fourth-order valence-corrected chi connectivity index (χ4v) is 3.18. The number of fused-ring (bicyclic) bond motifs is 1. The molecule has 0 aliphatic heterocycles. The summed E-state index contributed by atoms with van der Waals surface area (Å²) >= 11 is 6.95. The monoisotopic (exact) mass is 320 g/mol. The van der Waals surface area contributed by atoms with Crippen molar-refractivity contribution in [3.05, 3.63) is 58.2 Å². The zero-order valence-electron chi connectivity index (χ0n) is 10.7. The van der Waals surface area contributed by atoms with Crippen molar-refractivity contribution in [3.63, 3.8) is 0 Å². The number of thiophene rings is 1. The van der Waals surface area contributed by atoms with Gasteiger partial charge in [0.05, 0.1) is 11.4 Å². The Bertz CT molecular complexity index is 847. The Kier molecular flexibility index (Phi) is 3.53. The summed E-state index contributed by atoms with van der Waals surface area (Å²) in [6.45, 7) is 0. The van der Waals surface area contributed by atoms with E-state index in [1.807, 2.05) is 24.3 Å². The molecule has 3 N–H and O–H groups in total. The van der Waals surface area contributed by atoms with Gasteiger partial charge in [-0.1, -0.05) is 29.8 Å². The van der Waals surface area contributed by atoms with Gasteiger partial charge in [0.15, 0.2) is 0 Å². The second-order valence-corrected chi connectivity index (χ2v) is 5.91. The Morgan fingerprint density at radius 1 is 1.24 bits per heavy atom. The SMILES string of the molecule is Nc1c(C(=O)Nc2ccc(Cl)cc2F)sc2ccccc12. The molecule has 0 aliphatic carbocycles. The van der Waals surface area contributed by atoms with Crippen LogP contribution in [-0.2, 0) is 0 Å². The number of benzene rings is 2. The number of carbonyl (C=O) groups is 1. The number of nitrogens with one attached hydrogen (secondary N) is 1. The van der Waals surface area contributed by atoms with E-state index in [0.717, 1.165) is 16.2 Å². The summed E-state index contributed by atoms with van der Waals surface area (Å²) < 4.78 is 14.6. The van der Waals surface area contributed by atoms with Gasteiger partial charge in [0.1, 0.15) is 10.7 Å². The van der Waals surface area contributed by atoms with Crippen molar-refractivity contribution in [3.8, 4) is 0 Å². The Hall–Kier alpha value is -2.11. The Labute approximate surface area is 129 Å². The topological polar surface area (TPSA) is 55.1 Å². The van der Waals surface area contributed by atoms with E-state index in [1.54, 1.807) is 0 Å². The van der Waals surface area contributed by atoms with Crippen LogP contribution in [0, 0.1) is 5.82 Å². The summed E-state index contributed by atoms with van der Waals surface area (Å²) in [4.78, 5) is 12.6. The fourth-order valence-electron chi connectivity index (χ4n) is 2.00. The van der Waals surface area contributed by atoms with E-state index in [4.69, 9.17) is 17.3 Å². The smallest absolute Gasteiger partial charge is 0.267 e. The number of nitrogen functional groups attached to an aromatic ring is 1. The molecular weight excluding hydrogens is 311 g/mol. The largest absolute Gasteiger partial charge is 0.397 e. The van der Waals surface area contributed by atoms with Crippen LogP contribution in [0.3, 0.4) is 0 Å². The highest BCUT2D eigenvalue weighted by Gasteiger charge is 2.17. The first-order valence-corrected chi connectivity index (χ1v) is 7.29. The van der Waals surface area contributed by atoms with Crippen molar-refractivity contribution in [2.45, 2.75) is 0 Å². The zero-order valence-corrected chi connectivity index (χ0v) is 12.3. The van der Waals surface area contributed by atoms with E-state index in [2.05, 4.69) is 5.32 Å². The summed E-state index contributed by atoms with van der Waals surface area (Å²) in [5.74, 6) is -1.02. The van der Waals surface area contributed by atoms with Crippen molar-refractivity contribution in [1.29, 1.82) is 0 Å². The normalized spacial score (nSPS) is 10.8. The van der Waals surface area contributed by atoms with Gasteiger partial charge in [-0.3, -0.25) is 4.79 Å². The standard InChI is InChI=1S/C15H10ClFN2OS/c16-8-5-6-11(10(17)7-8)19-15(20)14-13(18)9-3-1-2-4-12(9)21-14/h1-7H,18H2,(H,19,20). The van der Waals surface area contributed by atoms with E-state index in [0.29, 0.717) is 10.6 Å². The van der Waals surface area contributed by atoms with Crippen LogP contribution in [0.5, 0.6) is 0 Å². The highest BCUT2D eigenvalue weighted by molar-refractivity contribution is 7.21. The predicted molar refractivity (Wildman–Crippen MR) is 85.6 cm³/mol. The third-order valence-corrected chi connectivity index (χ3v) is 4.44. The van der Waals surface area contributed by atoms with Crippen LogP contribution in [0.15, 0.2) is 42.5 Å². The molecular formula is C15H10ClFN2OS. The predicted octanol–water partition coefficient (Wildman–Crippen LogP) is 4.53. The Morgan fingerprint density at radius 2 is 2.00 bits per heavy atom. The van der Waals surface area contributed by atoms with Gasteiger partial charge in [0.25, 0.3) is 5.91 Å². The third-order valence-electron chi connectivity index (χ3n) is 3.02. The number of hydrogen-bond donors (Lipinski definition) is 2. The fraction of sp³-hybridized carbons (Fsp3) is 0. The van der Waals surface area contributed by atoms with Crippen LogP contribution in [0.4, 0.5) is 15.8 Å². The lowest BCUT2D eigenvalue weighted by molar-refractivity contribution is 0.103. The number of anilines is 2. The zero-order chi connectivity index (χ0) is 15.0. The summed E-state index contributed by atoms with van der Waals surface area (Å²) in [6.07, 6.45) is 0. The average Bonchev–Trinajstić information content (AvgIpc) is 2.80. The molecule has 3 aromatic rings. The number of halogens is 2. The van der Waals surface area contributed by atoms with Crippen LogP contribution in [-0.4, -0.2) is 5.91 Å². The lowest BCUT2D eigenvalue weighted by atomic mass is 10.2. The first-order valence-electron chi connectivity index (χ1n) is 6.09. The lowest BCUT2D eigenvalue weighted by Crippen LogP contribution is -2.13. The number of hydrogen-bond acceptors (Lipinski definition) is 3. The number of rotatable bonds is 2. The minimum Gasteiger partial charge on any atom is -0.397 e. The van der Waals surface area contributed by atoms with Crippen LogP contribution >= 0.6 is 22.9 Å². The maximum Gasteiger partial charge on any atom is 0.267 e. The number of carbonyl (C=O) groups excluding carboxylic acids is 1. The maximum absolute atomic E-state index is 13.7. The van der Waals surface area contributed by atoms with Crippen LogP contribution < -0.4 is 11.1 Å². The third kappa shape index (κ3) is 2.57. The number of nitrogens with two attached hydrogens (primary N) is 1. The quantitative estimate of drug-likeness (QED) is 0.729. The van der Waals surface area contributed by atoms with Crippen molar-refractivity contribution >= 4 is 50.3 Å². The summed E-state index contributed by atoms with van der Waals surface area (Å²) in [7, 11) is 0. The molecule has 6 heteroatoms. The molecule has 0 fully saturated rings. The van der Waals surface area contributed by atoms with E-state index in [9.17, 15) is 9.18 Å². The molecule has 0 spiro atoms. The van der Waals surface area contributed by atoms with Crippen LogP contribution in [0.2, 0.25) is 5.02 Å². The van der Waals surface area contributed by atoms with Gasteiger partial charge in [0.2, 0.25) is 0 Å². The van der Waals surface area contributed by atoms with E-state index >= 15 is 0 Å². The summed E-state index contributed by atoms with van der Waals surface area (Å²) in [6, 6.07) is 11.5. The molecule has 0 bridgehead atoms. The van der Waals surface area contributed by atoms with Crippen molar-refractivity contribution in [2.75, 3.05) is 11.1 Å². The molecule has 1 aromatic heterocycles. The highest BCUT2D eigenvalue weighted by Crippen LogP contribution is 2.34. The van der Waals surface area contributed by atoms with E-state index in [1.165, 1.54) is 23.5 Å². The molecule has 0 atom stereocenters. The molecule has 0 saturated heterocycles. The molecule has 0 radical (unpaired) electrons. The van der Waals surface area contributed by atoms with Crippen LogP contribution in [0.25, 0.3) is 10.1 Å². The minimum atomic E-state index is -0.587. The van der Waals surface area contributed by atoms with Gasteiger partial charge >= 0.3 is 0 Å². The van der Waals surface area contributed by atoms with Gasteiger partial charge in [-0.15, -0.1) is 11.3 Å². The van der Waals surface area contributed by atoms with Crippen LogP contribution in [0.1, 0.15) is 9.67 Å². The van der Waals surface area contributed by atoms with Gasteiger partial charge in [-0.25, -0.2) is 4.39 Å². The molecule has 3 rings (SSSR count). The lowest BCUT2D eigenvalue weighted by Gasteiger charge is -2.06. The second kappa shape index (κ2) is 5.35. The average molecular weight is 321 g/mol. The van der Waals surface area contributed by atoms with Gasteiger partial charge in [0, 0.05) is 15.1 Å². The Balaban J connectivity index is 1.95. The first kappa shape index (κ1) is 13.9. The van der Waals surface area contributed by atoms with Crippen molar-refractivity contribution in [1.82, 2.24) is 0 Å². The molecule has 1 heterocycles. The number of amides is 1. The molecule has 1 amide bonds. The molecule has 0 unspecified atom stereocenters. The second-order valence-electron chi connectivity index (χ2n) is 4.42. The van der Waals surface area contributed by atoms with Gasteiger partial charge < -0.3 is 11.1 Å². The van der Waals surface area contributed by atoms with E-state index < -0.39 is 11.7 Å². The summed E-state index contributed by atoms with van der Waals surface area (Å²) in [5, 5.41) is 3.61. The molecule has 0 saturated carbocycles. The maximum atomic E-state index is 13.7. The Morgan fingerprint density at radius 3 is 2.71 bits per heavy atom. The first-order chi connectivity index (χ1) is 10.1. The minimum absolute atomic E-state index is 0.0706. The molecule has 2 aromatic carbocycles. The van der Waals surface area contributed by atoms with E-state index in [-0.39, 0.29) is 10.7 Å². The van der Waals surface area contributed by atoms with Gasteiger partial charge in [-0.2, -0.15) is 0 Å². The van der Waals surface area contributed by atoms with Gasteiger partial charge in [-0.05, 0) is 24.3 Å². The van der Waals surface area contributed by atoms with Crippen molar-refractivity contribution in [2.24, 2.45) is 0 Å². The summed E-state index contributed by atoms with van der Waals surface area (Å²) in [5.41, 5.74) is 6.47. The molecule has 106 valence electrons. The molecule has 21 heavy (non-hydrogen) atoms. The molecule has 0 aliphatic rings. The highest BCUT2D eigenvalue weighted by atomic mass is 35.5. The molecule has 3 nitrogen and oxygen atoms in total. The van der Waals surface area contributed by atoms with Crippen molar-refractivity contribution < 1.29 is 9.18 Å².